The van der Waals surface area contributed by atoms with Crippen LogP contribution in [0, 0.1) is 0 Å². The molecular weight excluding hydrogens is 372 g/mol. The number of aromatic amines is 1. The Labute approximate surface area is 168 Å². The quantitative estimate of drug-likeness (QED) is 0.628. The first kappa shape index (κ1) is 18.4. The summed E-state index contributed by atoms with van der Waals surface area (Å²) in [6.07, 6.45) is 5.76. The second-order valence-electron chi connectivity index (χ2n) is 6.76. The van der Waals surface area contributed by atoms with E-state index in [9.17, 15) is 4.79 Å². The molecule has 3 aromatic rings. The van der Waals surface area contributed by atoms with Crippen molar-refractivity contribution in [3.05, 3.63) is 81.1 Å². The molecule has 0 aliphatic carbocycles. The number of aliphatic imine (C=N–C) groups is 2. The zero-order chi connectivity index (χ0) is 19.3. The molecule has 0 bridgehead atoms. The molecule has 0 amide bonds. The zero-order valence-electron chi connectivity index (χ0n) is 15.4. The van der Waals surface area contributed by atoms with Crippen molar-refractivity contribution in [3.63, 3.8) is 0 Å². The maximum atomic E-state index is 13.2. The van der Waals surface area contributed by atoms with E-state index in [-0.39, 0.29) is 5.56 Å². The molecule has 1 aromatic heterocycles. The van der Waals surface area contributed by atoms with E-state index in [0.717, 1.165) is 49.2 Å². The summed E-state index contributed by atoms with van der Waals surface area (Å²) in [4.78, 5) is 22.5. The lowest BCUT2D eigenvalue weighted by atomic mass is 10.1. The van der Waals surface area contributed by atoms with Crippen LogP contribution in [-0.4, -0.2) is 28.3 Å². The predicted octanol–water partition coefficient (Wildman–Crippen LogP) is 4.93. The van der Waals surface area contributed by atoms with Gasteiger partial charge < -0.3 is 0 Å². The van der Waals surface area contributed by atoms with Crippen molar-refractivity contribution in [1.29, 1.82) is 0 Å². The fourth-order valence-electron chi connectivity index (χ4n) is 3.30. The van der Waals surface area contributed by atoms with Gasteiger partial charge in [0.2, 0.25) is 0 Å². The van der Waals surface area contributed by atoms with Gasteiger partial charge in [-0.25, -0.2) is 9.67 Å². The lowest BCUT2D eigenvalue weighted by molar-refractivity contribution is 0.731. The predicted molar refractivity (Wildman–Crippen MR) is 115 cm³/mol. The molecule has 4 rings (SSSR count). The van der Waals surface area contributed by atoms with Crippen molar-refractivity contribution < 1.29 is 0 Å². The summed E-state index contributed by atoms with van der Waals surface area (Å²) in [5.74, 6) is 0.532. The first-order chi connectivity index (χ1) is 13.7. The Morgan fingerprint density at radius 2 is 1.82 bits per heavy atom. The summed E-state index contributed by atoms with van der Waals surface area (Å²) in [7, 11) is 0. The molecular formula is C22H21ClN4O. The molecule has 1 aliphatic rings. The maximum Gasteiger partial charge on any atom is 0.282 e. The van der Waals surface area contributed by atoms with E-state index in [2.05, 4.69) is 15.1 Å². The highest BCUT2D eigenvalue weighted by atomic mass is 35.5. The van der Waals surface area contributed by atoms with Crippen LogP contribution in [0.3, 0.4) is 0 Å². The topological polar surface area (TPSA) is 62.5 Å². The summed E-state index contributed by atoms with van der Waals surface area (Å²) in [6, 6.07) is 16.9. The minimum atomic E-state index is -0.116. The third-order valence-corrected chi connectivity index (χ3v) is 5.01. The van der Waals surface area contributed by atoms with E-state index in [4.69, 9.17) is 11.6 Å². The molecule has 5 nitrogen and oxygen atoms in total. The molecule has 28 heavy (non-hydrogen) atoms. The third-order valence-electron chi connectivity index (χ3n) is 4.76. The highest BCUT2D eigenvalue weighted by Crippen LogP contribution is 2.21. The fourth-order valence-corrected chi connectivity index (χ4v) is 3.43. The van der Waals surface area contributed by atoms with Gasteiger partial charge in [-0.15, -0.1) is 0 Å². The molecule has 1 N–H and O–H groups in total. The number of nitrogens with zero attached hydrogens (tertiary/aromatic N) is 3. The molecule has 0 saturated carbocycles. The zero-order valence-corrected chi connectivity index (χ0v) is 16.2. The number of rotatable bonds is 4. The van der Waals surface area contributed by atoms with Crippen LogP contribution in [0.5, 0.6) is 0 Å². The molecule has 0 fully saturated rings. The Hall–Kier alpha value is -2.92. The van der Waals surface area contributed by atoms with Gasteiger partial charge in [-0.05, 0) is 49.1 Å². The molecule has 142 valence electrons. The van der Waals surface area contributed by atoms with Crippen molar-refractivity contribution in [2.45, 2.75) is 25.7 Å². The molecule has 2 aromatic carbocycles. The normalized spacial score (nSPS) is 14.8. The number of nitrogens with one attached hydrogen (secondary N) is 1. The van der Waals surface area contributed by atoms with E-state index in [0.29, 0.717) is 16.4 Å². The van der Waals surface area contributed by atoms with Crippen molar-refractivity contribution in [2.24, 2.45) is 9.98 Å². The third kappa shape index (κ3) is 3.99. The first-order valence-electron chi connectivity index (χ1n) is 9.46. The highest BCUT2D eigenvalue weighted by molar-refractivity contribution is 6.30. The summed E-state index contributed by atoms with van der Waals surface area (Å²) in [6.45, 7) is 0.756. The molecule has 0 saturated heterocycles. The van der Waals surface area contributed by atoms with Crippen molar-refractivity contribution >= 4 is 29.3 Å². The minimum Gasteiger partial charge on any atom is -0.289 e. The Morgan fingerprint density at radius 1 is 1.04 bits per heavy atom. The number of para-hydroxylation sites is 1. The first-order valence-corrected chi connectivity index (χ1v) is 9.84. The number of H-pyrrole nitrogens is 1. The van der Waals surface area contributed by atoms with Crippen molar-refractivity contribution in [3.8, 4) is 5.69 Å². The molecule has 1 aliphatic heterocycles. The largest absolute Gasteiger partial charge is 0.289 e. The lowest BCUT2D eigenvalue weighted by Crippen LogP contribution is -2.20. The number of halogens is 1. The van der Waals surface area contributed by atoms with Crippen LogP contribution in [0.25, 0.3) is 5.69 Å². The molecule has 0 unspecified atom stereocenters. The van der Waals surface area contributed by atoms with Crippen LogP contribution in [0.1, 0.15) is 36.8 Å². The lowest BCUT2D eigenvalue weighted by Gasteiger charge is -2.01. The maximum absolute atomic E-state index is 13.2. The van der Waals surface area contributed by atoms with Gasteiger partial charge in [0.15, 0.2) is 5.82 Å². The van der Waals surface area contributed by atoms with E-state index in [1.54, 1.807) is 6.21 Å². The number of benzene rings is 2. The molecule has 0 radical (unpaired) electrons. The van der Waals surface area contributed by atoms with Crippen LogP contribution in [0.15, 0.2) is 69.4 Å². The monoisotopic (exact) mass is 392 g/mol. The average Bonchev–Trinajstić information content (AvgIpc) is 2.88. The standard InChI is InChI=1S/C22H21ClN4O/c23-17-12-10-16(11-13-17)15-25-21-20(19-9-5-2-6-14-24-19)22(28)27(26-21)18-7-3-1-4-8-18/h1,3-4,7-8,10-13,15,26H,2,5-6,9,14H2/b25-15+. The number of aromatic nitrogens is 2. The Balaban J connectivity index is 1.80. The fraction of sp³-hybridized carbons (Fsp3) is 0.227. The summed E-state index contributed by atoms with van der Waals surface area (Å²) in [5.41, 5.74) is 2.98. The van der Waals surface area contributed by atoms with E-state index >= 15 is 0 Å². The summed E-state index contributed by atoms with van der Waals surface area (Å²) < 4.78 is 1.54. The van der Waals surface area contributed by atoms with Crippen molar-refractivity contribution in [1.82, 2.24) is 9.78 Å². The van der Waals surface area contributed by atoms with E-state index in [1.165, 1.54) is 4.68 Å². The minimum absolute atomic E-state index is 0.116. The van der Waals surface area contributed by atoms with Gasteiger partial charge in [-0.2, -0.15) is 0 Å². The van der Waals surface area contributed by atoms with Crippen molar-refractivity contribution in [2.75, 3.05) is 6.54 Å². The average molecular weight is 393 g/mol. The smallest absolute Gasteiger partial charge is 0.282 e. The molecule has 0 atom stereocenters. The number of hydrogen-bond acceptors (Lipinski definition) is 3. The van der Waals surface area contributed by atoms with Gasteiger partial charge in [-0.1, -0.05) is 48.4 Å². The SMILES string of the molecule is O=c1c(C2=NCCCCC2)c(/N=C/c2ccc(Cl)cc2)[nH]n1-c1ccccc1. The molecule has 0 spiro atoms. The molecule has 2 heterocycles. The van der Waals surface area contributed by atoms with Gasteiger partial charge in [0.1, 0.15) is 5.56 Å². The summed E-state index contributed by atoms with van der Waals surface area (Å²) >= 11 is 5.95. The Bertz CT molecular complexity index is 1060. The summed E-state index contributed by atoms with van der Waals surface area (Å²) in [5, 5.41) is 3.84. The number of hydrogen-bond donors (Lipinski definition) is 1. The van der Waals surface area contributed by atoms with E-state index < -0.39 is 0 Å². The Morgan fingerprint density at radius 3 is 2.61 bits per heavy atom. The molecule has 6 heteroatoms. The second-order valence-corrected chi connectivity index (χ2v) is 7.20. The van der Waals surface area contributed by atoms with Gasteiger partial charge in [0.25, 0.3) is 5.56 Å². The van der Waals surface area contributed by atoms with Gasteiger partial charge in [0.05, 0.1) is 11.4 Å². The van der Waals surface area contributed by atoms with Gasteiger partial charge >= 0.3 is 0 Å². The van der Waals surface area contributed by atoms with Gasteiger partial charge in [0, 0.05) is 17.8 Å². The van der Waals surface area contributed by atoms with Crippen LogP contribution < -0.4 is 5.56 Å². The van der Waals surface area contributed by atoms with Crippen LogP contribution in [0.4, 0.5) is 5.82 Å². The second kappa shape index (κ2) is 8.40. The Kier molecular flexibility index (Phi) is 5.53. The van der Waals surface area contributed by atoms with Crippen LogP contribution in [0.2, 0.25) is 5.02 Å². The van der Waals surface area contributed by atoms with E-state index in [1.807, 2.05) is 54.6 Å². The van der Waals surface area contributed by atoms with Gasteiger partial charge in [-0.3, -0.25) is 14.9 Å². The van der Waals surface area contributed by atoms with Crippen LogP contribution >= 0.6 is 11.6 Å². The highest BCUT2D eigenvalue weighted by Gasteiger charge is 2.20. The van der Waals surface area contributed by atoms with Crippen LogP contribution in [-0.2, 0) is 0 Å².